The van der Waals surface area contributed by atoms with Gasteiger partial charge < -0.3 is 14.6 Å². The van der Waals surface area contributed by atoms with Crippen LogP contribution in [0.3, 0.4) is 0 Å². The fourth-order valence-corrected chi connectivity index (χ4v) is 5.08. The minimum absolute atomic E-state index is 0.0949. The van der Waals surface area contributed by atoms with Gasteiger partial charge in [0.25, 0.3) is 0 Å². The molecular weight excluding hydrogens is 380 g/mol. The number of ether oxygens (including phenoxy) is 2. The molecule has 1 fully saturated rings. The SMILES string of the molecule is CCC(C)(C)C(=O)O[C@H]1C[C@@H](C)C=C2C=CC(C)[C@H](CC[C@@H]3C[C@@H](O)CC(=O)O3)[C@H]21. The summed E-state index contributed by atoms with van der Waals surface area (Å²) >= 11 is 0. The number of aliphatic hydroxyl groups excluding tert-OH is 1. The highest BCUT2D eigenvalue weighted by Crippen LogP contribution is 2.45. The molecule has 0 aromatic rings. The van der Waals surface area contributed by atoms with Gasteiger partial charge in [0.1, 0.15) is 12.2 Å². The molecule has 0 radical (unpaired) electrons. The van der Waals surface area contributed by atoms with Crippen molar-refractivity contribution in [1.29, 1.82) is 0 Å². The Balaban J connectivity index is 1.76. The van der Waals surface area contributed by atoms with E-state index in [1.165, 1.54) is 5.57 Å². The van der Waals surface area contributed by atoms with E-state index in [1.54, 1.807) is 0 Å². The average molecular weight is 419 g/mol. The molecule has 0 saturated carbocycles. The third-order valence-corrected chi connectivity index (χ3v) is 7.35. The number of rotatable bonds is 6. The van der Waals surface area contributed by atoms with E-state index in [9.17, 15) is 14.7 Å². The van der Waals surface area contributed by atoms with Crippen molar-refractivity contribution in [1.82, 2.24) is 0 Å². The van der Waals surface area contributed by atoms with Gasteiger partial charge in [-0.05, 0) is 62.9 Å². The number of fused-ring (bicyclic) bond motifs is 1. The Kier molecular flexibility index (Phi) is 7.11. The number of carbonyl (C=O) groups excluding carboxylic acids is 2. The quantitative estimate of drug-likeness (QED) is 0.639. The summed E-state index contributed by atoms with van der Waals surface area (Å²) in [5, 5.41) is 9.92. The first-order chi connectivity index (χ1) is 14.1. The molecule has 0 aromatic heterocycles. The van der Waals surface area contributed by atoms with E-state index >= 15 is 0 Å². The summed E-state index contributed by atoms with van der Waals surface area (Å²) < 4.78 is 11.6. The van der Waals surface area contributed by atoms with Crippen LogP contribution in [0.2, 0.25) is 0 Å². The number of allylic oxidation sites excluding steroid dienone is 3. The van der Waals surface area contributed by atoms with Crippen molar-refractivity contribution in [2.75, 3.05) is 0 Å². The third kappa shape index (κ3) is 5.16. The van der Waals surface area contributed by atoms with Gasteiger partial charge in [0.15, 0.2) is 0 Å². The lowest BCUT2D eigenvalue weighted by molar-refractivity contribution is -0.166. The average Bonchev–Trinajstić information content (AvgIpc) is 2.66. The van der Waals surface area contributed by atoms with Gasteiger partial charge in [-0.15, -0.1) is 0 Å². The molecule has 1 saturated heterocycles. The molecule has 3 aliphatic rings. The zero-order valence-corrected chi connectivity index (χ0v) is 19.1. The largest absolute Gasteiger partial charge is 0.462 e. The Labute approximate surface area is 180 Å². The van der Waals surface area contributed by atoms with Crippen LogP contribution in [0.15, 0.2) is 23.8 Å². The smallest absolute Gasteiger partial charge is 0.311 e. The second kappa shape index (κ2) is 9.25. The molecule has 0 bridgehead atoms. The van der Waals surface area contributed by atoms with Crippen molar-refractivity contribution in [3.8, 4) is 0 Å². The number of hydrogen-bond acceptors (Lipinski definition) is 5. The van der Waals surface area contributed by atoms with Crippen molar-refractivity contribution >= 4 is 11.9 Å². The predicted octanol–water partition coefficient (Wildman–Crippen LogP) is 4.59. The van der Waals surface area contributed by atoms with Gasteiger partial charge >= 0.3 is 11.9 Å². The molecule has 0 spiro atoms. The second-order valence-corrected chi connectivity index (χ2v) is 10.3. The van der Waals surface area contributed by atoms with Crippen LogP contribution in [-0.2, 0) is 19.1 Å². The number of cyclic esters (lactones) is 1. The van der Waals surface area contributed by atoms with Crippen LogP contribution in [0.4, 0.5) is 0 Å². The molecule has 1 aliphatic heterocycles. The Morgan fingerprint density at radius 2 is 2.00 bits per heavy atom. The molecule has 30 heavy (non-hydrogen) atoms. The molecule has 0 amide bonds. The summed E-state index contributed by atoms with van der Waals surface area (Å²) in [6.07, 6.45) is 9.61. The summed E-state index contributed by atoms with van der Waals surface area (Å²) in [4.78, 5) is 24.6. The van der Waals surface area contributed by atoms with E-state index in [2.05, 4.69) is 32.1 Å². The van der Waals surface area contributed by atoms with E-state index in [0.29, 0.717) is 24.2 Å². The van der Waals surface area contributed by atoms with Gasteiger partial charge in [-0.3, -0.25) is 9.59 Å². The maximum Gasteiger partial charge on any atom is 0.311 e. The van der Waals surface area contributed by atoms with Crippen molar-refractivity contribution in [3.05, 3.63) is 23.8 Å². The van der Waals surface area contributed by atoms with Crippen LogP contribution < -0.4 is 0 Å². The fraction of sp³-hybridized carbons (Fsp3) is 0.760. The number of carbonyl (C=O) groups is 2. The summed E-state index contributed by atoms with van der Waals surface area (Å²) in [7, 11) is 0. The van der Waals surface area contributed by atoms with E-state index < -0.39 is 11.5 Å². The van der Waals surface area contributed by atoms with Gasteiger partial charge in [0.05, 0.1) is 17.9 Å². The molecule has 1 heterocycles. The number of aliphatic hydroxyl groups is 1. The van der Waals surface area contributed by atoms with Crippen LogP contribution in [-0.4, -0.2) is 35.4 Å². The zero-order chi connectivity index (χ0) is 22.1. The maximum atomic E-state index is 12.9. The predicted molar refractivity (Wildman–Crippen MR) is 115 cm³/mol. The minimum atomic E-state index is -0.601. The monoisotopic (exact) mass is 418 g/mol. The van der Waals surface area contributed by atoms with E-state index in [1.807, 2.05) is 20.8 Å². The highest BCUT2D eigenvalue weighted by molar-refractivity contribution is 5.76. The minimum Gasteiger partial charge on any atom is -0.462 e. The maximum absolute atomic E-state index is 12.9. The van der Waals surface area contributed by atoms with Gasteiger partial charge in [0, 0.05) is 12.3 Å². The van der Waals surface area contributed by atoms with Crippen LogP contribution in [0.5, 0.6) is 0 Å². The molecule has 5 nitrogen and oxygen atoms in total. The molecule has 0 aromatic carbocycles. The number of esters is 2. The lowest BCUT2D eigenvalue weighted by atomic mass is 9.65. The molecule has 7 atom stereocenters. The summed E-state index contributed by atoms with van der Waals surface area (Å²) in [6.45, 7) is 10.3. The molecule has 168 valence electrons. The van der Waals surface area contributed by atoms with Crippen LogP contribution in [0.25, 0.3) is 0 Å². The fourth-order valence-electron chi connectivity index (χ4n) is 5.08. The molecule has 2 aliphatic carbocycles. The highest BCUT2D eigenvalue weighted by Gasteiger charge is 2.43. The highest BCUT2D eigenvalue weighted by atomic mass is 16.6. The van der Waals surface area contributed by atoms with Crippen LogP contribution >= 0.6 is 0 Å². The Morgan fingerprint density at radius 3 is 2.67 bits per heavy atom. The standard InChI is InChI=1S/C25H38O5/c1-6-25(4,5)24(28)30-21-12-15(2)11-17-8-7-16(3)20(23(17)21)10-9-19-13-18(26)14-22(27)29-19/h7-8,11,15-16,18-21,23,26H,6,9-10,12-14H2,1-5H3/t15-,16?,18+,19+,20-,21-,23-/m0/s1. The summed E-state index contributed by atoms with van der Waals surface area (Å²) in [5.41, 5.74) is 0.785. The van der Waals surface area contributed by atoms with E-state index in [0.717, 1.165) is 25.7 Å². The van der Waals surface area contributed by atoms with Gasteiger partial charge in [-0.2, -0.15) is 0 Å². The second-order valence-electron chi connectivity index (χ2n) is 10.3. The van der Waals surface area contributed by atoms with Crippen molar-refractivity contribution in [2.24, 2.45) is 29.1 Å². The van der Waals surface area contributed by atoms with Gasteiger partial charge in [-0.1, -0.05) is 39.0 Å². The summed E-state index contributed by atoms with van der Waals surface area (Å²) in [5.74, 6) is 0.776. The number of hydrogen-bond donors (Lipinski definition) is 1. The first-order valence-electron chi connectivity index (χ1n) is 11.6. The van der Waals surface area contributed by atoms with Crippen molar-refractivity contribution in [3.63, 3.8) is 0 Å². The lowest BCUT2D eigenvalue weighted by Gasteiger charge is -2.44. The Bertz CT molecular complexity index is 706. The lowest BCUT2D eigenvalue weighted by Crippen LogP contribution is -2.43. The van der Waals surface area contributed by atoms with Crippen molar-refractivity contribution < 1.29 is 24.2 Å². The zero-order valence-electron chi connectivity index (χ0n) is 19.1. The molecule has 5 heteroatoms. The van der Waals surface area contributed by atoms with E-state index in [4.69, 9.17) is 9.47 Å². The Hall–Kier alpha value is -1.62. The summed E-state index contributed by atoms with van der Waals surface area (Å²) in [6, 6.07) is 0. The molecule has 1 N–H and O–H groups in total. The van der Waals surface area contributed by atoms with Crippen LogP contribution in [0, 0.1) is 29.1 Å². The molecular formula is C25H38O5. The van der Waals surface area contributed by atoms with Crippen LogP contribution in [0.1, 0.15) is 73.1 Å². The Morgan fingerprint density at radius 1 is 1.27 bits per heavy atom. The first-order valence-corrected chi connectivity index (χ1v) is 11.6. The van der Waals surface area contributed by atoms with E-state index in [-0.39, 0.29) is 36.5 Å². The molecule has 1 unspecified atom stereocenters. The normalized spacial score (nSPS) is 36.5. The van der Waals surface area contributed by atoms with Gasteiger partial charge in [-0.25, -0.2) is 0 Å². The van der Waals surface area contributed by atoms with Gasteiger partial charge in [0.2, 0.25) is 0 Å². The van der Waals surface area contributed by atoms with Crippen molar-refractivity contribution in [2.45, 2.75) is 91.5 Å². The third-order valence-electron chi connectivity index (χ3n) is 7.35. The first kappa shape index (κ1) is 23.1. The topological polar surface area (TPSA) is 72.8 Å². The molecule has 3 rings (SSSR count).